The van der Waals surface area contributed by atoms with Crippen LogP contribution in [0.25, 0.3) is 0 Å². The Morgan fingerprint density at radius 3 is 2.16 bits per heavy atom. The summed E-state index contributed by atoms with van der Waals surface area (Å²) < 4.78 is 62.3. The minimum atomic E-state index is -4.99. The van der Waals surface area contributed by atoms with E-state index < -0.39 is 23.1 Å². The molecule has 2 saturated heterocycles. The Hall–Kier alpha value is -2.94. The molecule has 2 fully saturated rings. The number of alkyl halides is 3. The normalized spacial score (nSPS) is 21.6. The van der Waals surface area contributed by atoms with Crippen LogP contribution in [0.15, 0.2) is 48.5 Å². The number of halogens is 4. The molecule has 2 amide bonds. The van der Waals surface area contributed by atoms with Crippen molar-refractivity contribution in [3.05, 3.63) is 71.0 Å². The number of nitrogens with zero attached hydrogens (tertiary/aromatic N) is 1. The summed E-state index contributed by atoms with van der Waals surface area (Å²) in [5.74, 6) is -1.69. The number of rotatable bonds is 5. The highest BCUT2D eigenvalue weighted by molar-refractivity contribution is 5.88. The summed E-state index contributed by atoms with van der Waals surface area (Å²) in [4.78, 5) is 27.2. The first kappa shape index (κ1) is 27.1. The van der Waals surface area contributed by atoms with Gasteiger partial charge in [0.2, 0.25) is 5.91 Å². The van der Waals surface area contributed by atoms with Crippen LogP contribution in [0, 0.1) is 11.2 Å². The largest absolute Gasteiger partial charge is 0.430 e. The van der Waals surface area contributed by atoms with Crippen LogP contribution in [0.4, 0.5) is 17.6 Å². The van der Waals surface area contributed by atoms with Crippen molar-refractivity contribution in [2.45, 2.75) is 56.7 Å². The van der Waals surface area contributed by atoms with Gasteiger partial charge >= 0.3 is 6.18 Å². The molecule has 9 heteroatoms. The first-order chi connectivity index (χ1) is 17.4. The number of nitrogens with one attached hydrogen (secondary N) is 1. The van der Waals surface area contributed by atoms with E-state index in [1.807, 2.05) is 13.8 Å². The minimum absolute atomic E-state index is 0.0507. The van der Waals surface area contributed by atoms with Gasteiger partial charge < -0.3 is 15.0 Å². The topological polar surface area (TPSA) is 58.6 Å². The highest BCUT2D eigenvalue weighted by Crippen LogP contribution is 2.50. The molecule has 2 aromatic carbocycles. The summed E-state index contributed by atoms with van der Waals surface area (Å²) in [7, 11) is 0.906. The number of piperidine rings is 2. The Morgan fingerprint density at radius 2 is 1.65 bits per heavy atom. The quantitative estimate of drug-likeness (QED) is 0.547. The molecule has 1 N–H and O–H groups in total. The zero-order valence-electron chi connectivity index (χ0n) is 21.2. The maximum Gasteiger partial charge on any atom is 0.430 e. The van der Waals surface area contributed by atoms with Crippen LogP contribution >= 0.6 is 0 Å². The van der Waals surface area contributed by atoms with Crippen LogP contribution in [0.5, 0.6) is 0 Å². The van der Waals surface area contributed by atoms with Gasteiger partial charge in [0.1, 0.15) is 5.82 Å². The third kappa shape index (κ3) is 4.85. The molecule has 2 aliphatic rings. The summed E-state index contributed by atoms with van der Waals surface area (Å²) in [5.41, 5.74) is -2.23. The van der Waals surface area contributed by atoms with E-state index in [0.29, 0.717) is 19.4 Å². The van der Waals surface area contributed by atoms with E-state index in [2.05, 4.69) is 5.32 Å². The number of hydrogen-bond acceptors (Lipinski definition) is 3. The van der Waals surface area contributed by atoms with E-state index in [4.69, 9.17) is 4.74 Å². The van der Waals surface area contributed by atoms with Crippen molar-refractivity contribution in [1.29, 1.82) is 0 Å². The molecule has 0 radical (unpaired) electrons. The molecule has 37 heavy (non-hydrogen) atoms. The number of amides is 2. The number of carbonyl (C=O) groups excluding carboxylic acids is 2. The second-order valence-corrected chi connectivity index (χ2v) is 10.4. The van der Waals surface area contributed by atoms with Crippen LogP contribution in [-0.2, 0) is 19.9 Å². The molecule has 0 saturated carbocycles. The molecular formula is C28H32F4N2O3. The van der Waals surface area contributed by atoms with Crippen LogP contribution in [0.1, 0.15) is 61.6 Å². The average molecular weight is 521 g/mol. The molecular weight excluding hydrogens is 488 g/mol. The van der Waals surface area contributed by atoms with Crippen molar-refractivity contribution in [2.24, 2.45) is 5.41 Å². The Bertz CT molecular complexity index is 1120. The van der Waals surface area contributed by atoms with Gasteiger partial charge in [-0.3, -0.25) is 9.59 Å². The molecule has 2 atom stereocenters. The van der Waals surface area contributed by atoms with Gasteiger partial charge in [-0.25, -0.2) is 4.39 Å². The highest BCUT2D eigenvalue weighted by atomic mass is 19.4. The van der Waals surface area contributed by atoms with E-state index in [1.165, 1.54) is 29.2 Å². The lowest BCUT2D eigenvalue weighted by Gasteiger charge is -2.50. The number of hydrogen-bond donors (Lipinski definition) is 1. The minimum Gasteiger partial charge on any atom is -0.356 e. The van der Waals surface area contributed by atoms with Crippen molar-refractivity contribution in [3.63, 3.8) is 0 Å². The summed E-state index contributed by atoms with van der Waals surface area (Å²) in [6.07, 6.45) is -4.10. The van der Waals surface area contributed by atoms with Gasteiger partial charge in [-0.1, -0.05) is 50.2 Å². The first-order valence-electron chi connectivity index (χ1n) is 12.5. The lowest BCUT2D eigenvalue weighted by molar-refractivity contribution is -0.271. The molecule has 2 aromatic rings. The van der Waals surface area contributed by atoms with E-state index in [1.54, 1.807) is 24.3 Å². The SMILES string of the molecule is CO[C@](C(=O)N1CCC2(CC1)CC(=O)NC[C@H]2c1ccc(F)cc1)(c1ccc(C(C)C)cc1)C(F)(F)F. The fourth-order valence-electron chi connectivity index (χ4n) is 5.84. The molecule has 1 spiro atoms. The Balaban J connectivity index is 1.62. The van der Waals surface area contributed by atoms with Gasteiger partial charge in [0.25, 0.3) is 11.5 Å². The first-order valence-corrected chi connectivity index (χ1v) is 12.5. The second-order valence-electron chi connectivity index (χ2n) is 10.4. The van der Waals surface area contributed by atoms with Gasteiger partial charge in [0, 0.05) is 44.6 Å². The van der Waals surface area contributed by atoms with Crippen molar-refractivity contribution >= 4 is 11.8 Å². The fraction of sp³-hybridized carbons (Fsp3) is 0.500. The van der Waals surface area contributed by atoms with Crippen LogP contribution in [0.3, 0.4) is 0 Å². The average Bonchev–Trinajstić information content (AvgIpc) is 2.85. The molecule has 4 rings (SSSR count). The molecule has 2 heterocycles. The summed E-state index contributed by atoms with van der Waals surface area (Å²) >= 11 is 0. The second kappa shape index (κ2) is 10.1. The van der Waals surface area contributed by atoms with Gasteiger partial charge in [0.15, 0.2) is 0 Å². The van der Waals surface area contributed by atoms with Crippen molar-refractivity contribution < 1.29 is 31.9 Å². The summed E-state index contributed by atoms with van der Waals surface area (Å²) in [6.45, 7) is 4.32. The Labute approximate surface area is 214 Å². The maximum atomic E-state index is 14.6. The van der Waals surface area contributed by atoms with Crippen molar-refractivity contribution in [3.8, 4) is 0 Å². The van der Waals surface area contributed by atoms with E-state index in [9.17, 15) is 27.2 Å². The number of benzene rings is 2. The van der Waals surface area contributed by atoms with Gasteiger partial charge in [-0.05, 0) is 47.4 Å². The zero-order chi connectivity index (χ0) is 27.0. The van der Waals surface area contributed by atoms with Crippen molar-refractivity contribution in [2.75, 3.05) is 26.7 Å². The van der Waals surface area contributed by atoms with Crippen LogP contribution in [-0.4, -0.2) is 49.6 Å². The Kier molecular flexibility index (Phi) is 7.38. The number of likely N-dealkylation sites (tertiary alicyclic amines) is 1. The molecule has 0 bridgehead atoms. The maximum absolute atomic E-state index is 14.6. The number of methoxy groups -OCH3 is 1. The lowest BCUT2D eigenvalue weighted by Crippen LogP contribution is -2.60. The third-order valence-corrected chi connectivity index (χ3v) is 8.06. The summed E-state index contributed by atoms with van der Waals surface area (Å²) in [5, 5.41) is 2.86. The molecule has 0 aromatic heterocycles. The van der Waals surface area contributed by atoms with Crippen molar-refractivity contribution in [1.82, 2.24) is 10.2 Å². The highest BCUT2D eigenvalue weighted by Gasteiger charge is 2.64. The number of ether oxygens (including phenoxy) is 1. The molecule has 0 aliphatic carbocycles. The lowest BCUT2D eigenvalue weighted by atomic mass is 9.62. The molecule has 2 aliphatic heterocycles. The third-order valence-electron chi connectivity index (χ3n) is 8.06. The monoisotopic (exact) mass is 520 g/mol. The van der Waals surface area contributed by atoms with Gasteiger partial charge in [0.05, 0.1) is 0 Å². The van der Waals surface area contributed by atoms with Crippen LogP contribution in [0.2, 0.25) is 0 Å². The van der Waals surface area contributed by atoms with E-state index >= 15 is 0 Å². The van der Waals surface area contributed by atoms with Crippen LogP contribution < -0.4 is 5.32 Å². The number of carbonyl (C=O) groups is 2. The fourth-order valence-corrected chi connectivity index (χ4v) is 5.84. The summed E-state index contributed by atoms with van der Waals surface area (Å²) in [6, 6.07) is 11.9. The van der Waals surface area contributed by atoms with E-state index in [0.717, 1.165) is 18.2 Å². The standard InChI is InChI=1S/C28H32F4N2O3/c1-18(2)19-4-8-21(9-5-19)27(37-3,28(30,31)32)25(36)34-14-12-26(13-15-34)16-24(35)33-17-23(26)20-6-10-22(29)11-7-20/h4-11,18,23H,12-17H2,1-3H3,(H,33,35)/t23-,27-/m0/s1. The molecule has 5 nitrogen and oxygen atoms in total. The van der Waals surface area contributed by atoms with E-state index in [-0.39, 0.29) is 48.6 Å². The molecule has 200 valence electrons. The predicted molar refractivity (Wildman–Crippen MR) is 130 cm³/mol. The van der Waals surface area contributed by atoms with Gasteiger partial charge in [-0.2, -0.15) is 13.2 Å². The molecule has 0 unspecified atom stereocenters. The smallest absolute Gasteiger partial charge is 0.356 e. The predicted octanol–water partition coefficient (Wildman–Crippen LogP) is 5.27. The van der Waals surface area contributed by atoms with Gasteiger partial charge in [-0.15, -0.1) is 0 Å². The Morgan fingerprint density at radius 1 is 1.05 bits per heavy atom. The zero-order valence-corrected chi connectivity index (χ0v) is 21.2.